The van der Waals surface area contributed by atoms with E-state index in [1.807, 2.05) is 48.5 Å². The van der Waals surface area contributed by atoms with Crippen molar-refractivity contribution < 1.29 is 14.1 Å². The highest BCUT2D eigenvalue weighted by Crippen LogP contribution is 2.25. The number of nitrogens with one attached hydrogen (secondary N) is 2. The molecule has 0 aliphatic rings. The zero-order valence-electron chi connectivity index (χ0n) is 20.2. The highest BCUT2D eigenvalue weighted by atomic mass is 16.5. The van der Waals surface area contributed by atoms with Crippen molar-refractivity contribution in [2.45, 2.75) is 52.4 Å². The summed E-state index contributed by atoms with van der Waals surface area (Å²) in [4.78, 5) is 28.8. The normalized spacial score (nSPS) is 11.8. The number of aromatic nitrogens is 2. The van der Waals surface area contributed by atoms with Crippen LogP contribution in [0.15, 0.2) is 53.1 Å². The largest absolute Gasteiger partial charge is 0.350 e. The van der Waals surface area contributed by atoms with Gasteiger partial charge >= 0.3 is 11.8 Å². The molecule has 3 aromatic rings. The van der Waals surface area contributed by atoms with Crippen LogP contribution in [-0.4, -0.2) is 35.0 Å². The quantitative estimate of drug-likeness (QED) is 0.542. The van der Waals surface area contributed by atoms with Crippen molar-refractivity contribution in [3.63, 3.8) is 0 Å². The van der Waals surface area contributed by atoms with Crippen LogP contribution in [-0.2, 0) is 10.8 Å². The number of nitrogens with zero attached hydrogens (tertiary/aromatic N) is 2. The van der Waals surface area contributed by atoms with E-state index in [0.29, 0.717) is 11.4 Å². The Hall–Kier alpha value is -3.48. The topological polar surface area (TPSA) is 97.1 Å². The summed E-state index contributed by atoms with van der Waals surface area (Å²) in [5.41, 5.74) is 3.79. The maximum absolute atomic E-state index is 12.3. The van der Waals surface area contributed by atoms with Gasteiger partial charge < -0.3 is 15.2 Å². The van der Waals surface area contributed by atoms with Crippen LogP contribution in [0.25, 0.3) is 11.4 Å². The van der Waals surface area contributed by atoms with Gasteiger partial charge in [-0.3, -0.25) is 9.59 Å². The highest BCUT2D eigenvalue weighted by molar-refractivity contribution is 5.94. The molecule has 0 aliphatic heterocycles. The van der Waals surface area contributed by atoms with E-state index in [4.69, 9.17) is 4.52 Å². The predicted octanol–water partition coefficient (Wildman–Crippen LogP) is 4.49. The molecule has 0 fully saturated rings. The molecule has 0 saturated heterocycles. The molecule has 2 N–H and O–H groups in total. The van der Waals surface area contributed by atoms with Crippen LogP contribution in [0, 0.1) is 0 Å². The summed E-state index contributed by atoms with van der Waals surface area (Å²) in [6.07, 6.45) is 0. The van der Waals surface area contributed by atoms with Gasteiger partial charge in [0.1, 0.15) is 0 Å². The number of hydrogen-bond acceptors (Lipinski definition) is 5. The molecule has 0 spiro atoms. The summed E-state index contributed by atoms with van der Waals surface area (Å²) in [7, 11) is 0. The van der Waals surface area contributed by atoms with Gasteiger partial charge in [-0.15, -0.1) is 0 Å². The van der Waals surface area contributed by atoms with Crippen molar-refractivity contribution >= 4 is 11.8 Å². The van der Waals surface area contributed by atoms with Crippen LogP contribution < -0.4 is 10.6 Å². The number of carbonyl (C=O) groups is 2. The van der Waals surface area contributed by atoms with Gasteiger partial charge in [-0.25, -0.2) is 0 Å². The van der Waals surface area contributed by atoms with Gasteiger partial charge in [0.05, 0.1) is 0 Å². The van der Waals surface area contributed by atoms with Crippen molar-refractivity contribution in [2.75, 3.05) is 13.1 Å². The van der Waals surface area contributed by atoms with E-state index in [9.17, 15) is 9.59 Å². The van der Waals surface area contributed by atoms with Crippen molar-refractivity contribution in [3.8, 4) is 11.4 Å². The molecule has 0 unspecified atom stereocenters. The van der Waals surface area contributed by atoms with Crippen molar-refractivity contribution in [2.24, 2.45) is 0 Å². The third kappa shape index (κ3) is 6.28. The number of rotatable bonds is 6. The lowest BCUT2D eigenvalue weighted by molar-refractivity contribution is 0.0898. The maximum atomic E-state index is 12.3. The molecule has 0 aliphatic carbocycles. The van der Waals surface area contributed by atoms with Crippen LogP contribution in [0.5, 0.6) is 0 Å². The first kappa shape index (κ1) is 24.2. The molecule has 0 atom stereocenters. The van der Waals surface area contributed by atoms with Crippen LogP contribution in [0.3, 0.4) is 0 Å². The summed E-state index contributed by atoms with van der Waals surface area (Å²) in [6.45, 7) is 13.3. The van der Waals surface area contributed by atoms with E-state index in [0.717, 1.165) is 11.1 Å². The first-order valence-electron chi connectivity index (χ1n) is 11.1. The first-order valence-corrected chi connectivity index (χ1v) is 11.1. The maximum Gasteiger partial charge on any atom is 0.316 e. The van der Waals surface area contributed by atoms with E-state index in [1.165, 1.54) is 5.56 Å². The smallest absolute Gasteiger partial charge is 0.316 e. The number of amides is 2. The monoisotopic (exact) mass is 448 g/mol. The minimum absolute atomic E-state index is 0.0315. The van der Waals surface area contributed by atoms with E-state index in [-0.39, 0.29) is 35.7 Å². The average Bonchev–Trinajstić information content (AvgIpc) is 3.26. The predicted molar refractivity (Wildman–Crippen MR) is 128 cm³/mol. The Balaban J connectivity index is 1.49. The van der Waals surface area contributed by atoms with Crippen LogP contribution >= 0.6 is 0 Å². The van der Waals surface area contributed by atoms with Crippen molar-refractivity contribution in [1.82, 2.24) is 20.8 Å². The van der Waals surface area contributed by atoms with Crippen LogP contribution in [0.4, 0.5) is 0 Å². The van der Waals surface area contributed by atoms with Gasteiger partial charge in [-0.2, -0.15) is 4.98 Å². The second-order valence-electron chi connectivity index (χ2n) is 10.1. The molecule has 0 bridgehead atoms. The van der Waals surface area contributed by atoms with Crippen molar-refractivity contribution in [1.29, 1.82) is 0 Å². The second-order valence-corrected chi connectivity index (χ2v) is 10.1. The van der Waals surface area contributed by atoms with Gasteiger partial charge in [-0.1, -0.05) is 83.1 Å². The Morgan fingerprint density at radius 2 is 1.24 bits per heavy atom. The standard InChI is InChI=1S/C26H32N4O3/c1-25(2,3)19-11-7-17(8-12-19)21-29-24(33-30-21)23(32)28-16-15-27-22(31)18-9-13-20(14-10-18)26(4,5)6/h7-14H,15-16H2,1-6H3,(H,27,31)(H,28,32). The lowest BCUT2D eigenvalue weighted by atomic mass is 9.87. The molecule has 2 amide bonds. The van der Waals surface area contributed by atoms with E-state index < -0.39 is 5.91 Å². The van der Waals surface area contributed by atoms with Gasteiger partial charge in [0.2, 0.25) is 5.82 Å². The zero-order chi connectivity index (χ0) is 24.2. The summed E-state index contributed by atoms with van der Waals surface area (Å²) >= 11 is 0. The summed E-state index contributed by atoms with van der Waals surface area (Å²) in [5.74, 6) is -0.436. The first-order chi connectivity index (χ1) is 15.4. The molecule has 1 aromatic heterocycles. The third-order valence-electron chi connectivity index (χ3n) is 5.34. The number of hydrogen-bond donors (Lipinski definition) is 2. The molecule has 33 heavy (non-hydrogen) atoms. The van der Waals surface area contributed by atoms with E-state index in [2.05, 4.69) is 62.3 Å². The molecule has 7 nitrogen and oxygen atoms in total. The highest BCUT2D eigenvalue weighted by Gasteiger charge is 2.18. The number of carbonyl (C=O) groups excluding carboxylic acids is 2. The third-order valence-corrected chi connectivity index (χ3v) is 5.34. The number of benzene rings is 2. The Morgan fingerprint density at radius 3 is 1.76 bits per heavy atom. The Labute approximate surface area is 195 Å². The zero-order valence-corrected chi connectivity index (χ0v) is 20.2. The Morgan fingerprint density at radius 1 is 0.758 bits per heavy atom. The molecule has 2 aromatic carbocycles. The lowest BCUT2D eigenvalue weighted by Gasteiger charge is -2.19. The summed E-state index contributed by atoms with van der Waals surface area (Å²) in [6, 6.07) is 15.4. The molecule has 1 heterocycles. The average molecular weight is 449 g/mol. The van der Waals surface area contributed by atoms with Crippen LogP contribution in [0.1, 0.15) is 73.7 Å². The SMILES string of the molecule is CC(C)(C)c1ccc(C(=O)NCCNC(=O)c2nc(-c3ccc(C(C)(C)C)cc3)no2)cc1. The second kappa shape index (κ2) is 9.57. The van der Waals surface area contributed by atoms with Gasteiger partial charge in [0.15, 0.2) is 0 Å². The van der Waals surface area contributed by atoms with Gasteiger partial charge in [0.25, 0.3) is 5.91 Å². The minimum Gasteiger partial charge on any atom is -0.350 e. The fourth-order valence-electron chi connectivity index (χ4n) is 3.20. The van der Waals surface area contributed by atoms with Crippen molar-refractivity contribution in [3.05, 3.63) is 71.1 Å². The summed E-state index contributed by atoms with van der Waals surface area (Å²) in [5, 5.41) is 9.37. The Bertz CT molecular complexity index is 1100. The van der Waals surface area contributed by atoms with Crippen LogP contribution in [0.2, 0.25) is 0 Å². The molecule has 0 saturated carbocycles. The van der Waals surface area contributed by atoms with Gasteiger partial charge in [-0.05, 0) is 34.1 Å². The molecule has 0 radical (unpaired) electrons. The van der Waals surface area contributed by atoms with E-state index in [1.54, 1.807) is 0 Å². The molecular formula is C26H32N4O3. The summed E-state index contributed by atoms with van der Waals surface area (Å²) < 4.78 is 5.10. The van der Waals surface area contributed by atoms with Gasteiger partial charge in [0, 0.05) is 24.2 Å². The van der Waals surface area contributed by atoms with E-state index >= 15 is 0 Å². The minimum atomic E-state index is -0.483. The lowest BCUT2D eigenvalue weighted by Crippen LogP contribution is -2.34. The fraction of sp³-hybridized carbons (Fsp3) is 0.385. The molecular weight excluding hydrogens is 416 g/mol. The Kier molecular flexibility index (Phi) is 7.01. The fourth-order valence-corrected chi connectivity index (χ4v) is 3.20. The molecule has 7 heteroatoms. The molecule has 174 valence electrons. The molecule has 3 rings (SSSR count).